The van der Waals surface area contributed by atoms with Crippen LogP contribution in [0.1, 0.15) is 0 Å². The van der Waals surface area contributed by atoms with Crippen LogP contribution in [-0.4, -0.2) is 24.1 Å². The van der Waals surface area contributed by atoms with E-state index in [-0.39, 0.29) is 0 Å². The molecule has 14 rings (SSSR count). The van der Waals surface area contributed by atoms with Crippen LogP contribution in [0.25, 0.3) is 133 Å². The standard InChI is InChI=1S/C65H41N5/c1-3-19-42(20-4-1)44-24-17-25-47(39-44)69-58-34-15-13-30-52(58)54-33-18-36-61(62(54)69)70-59-35-16-14-31-53(59)56-41-46(37-38-60(56)70)63-66-64(55-32-12-9-26-48(55)43-21-5-2-6-22-43)68-65(67-63)57-40-45-23-7-8-27-49(45)50-28-10-11-29-51(50)57/h1-41H. The highest BCUT2D eigenvalue weighted by Gasteiger charge is 2.23. The van der Waals surface area contributed by atoms with Crippen molar-refractivity contribution in [3.63, 3.8) is 0 Å². The van der Waals surface area contributed by atoms with E-state index >= 15 is 0 Å². The Labute approximate surface area is 403 Å². The molecule has 0 saturated heterocycles. The summed E-state index contributed by atoms with van der Waals surface area (Å²) in [6, 6.07) is 88.8. The van der Waals surface area contributed by atoms with Crippen LogP contribution in [0.2, 0.25) is 0 Å². The molecule has 0 aliphatic carbocycles. The summed E-state index contributed by atoms with van der Waals surface area (Å²) in [6.45, 7) is 0. The minimum atomic E-state index is 0.611. The average Bonchev–Trinajstić information content (AvgIpc) is 3.96. The second-order valence-corrected chi connectivity index (χ2v) is 17.9. The normalized spacial score (nSPS) is 11.7. The fraction of sp³-hybridized carbons (Fsp3) is 0. The smallest absolute Gasteiger partial charge is 0.164 e. The summed E-state index contributed by atoms with van der Waals surface area (Å²) in [5.74, 6) is 1.86. The van der Waals surface area contributed by atoms with Gasteiger partial charge in [-0.2, -0.15) is 0 Å². The van der Waals surface area contributed by atoms with E-state index in [1.165, 1.54) is 27.3 Å². The molecule has 0 radical (unpaired) electrons. The lowest BCUT2D eigenvalue weighted by molar-refractivity contribution is 1.08. The maximum absolute atomic E-state index is 5.42. The monoisotopic (exact) mass is 891 g/mol. The van der Waals surface area contributed by atoms with Crippen molar-refractivity contribution in [2.24, 2.45) is 0 Å². The summed E-state index contributed by atoms with van der Waals surface area (Å²) < 4.78 is 4.88. The Kier molecular flexibility index (Phi) is 9.14. The van der Waals surface area contributed by atoms with Gasteiger partial charge in [0.15, 0.2) is 17.5 Å². The van der Waals surface area contributed by atoms with Crippen molar-refractivity contribution in [3.8, 4) is 67.8 Å². The number of fused-ring (bicyclic) bond motifs is 9. The van der Waals surface area contributed by atoms with E-state index in [9.17, 15) is 0 Å². The van der Waals surface area contributed by atoms with Crippen LogP contribution in [0.15, 0.2) is 249 Å². The zero-order valence-corrected chi connectivity index (χ0v) is 37.9. The lowest BCUT2D eigenvalue weighted by Crippen LogP contribution is -2.02. The molecule has 0 bridgehead atoms. The Morgan fingerprint density at radius 2 is 0.800 bits per heavy atom. The molecule has 0 aliphatic rings. The van der Waals surface area contributed by atoms with Crippen LogP contribution in [0.5, 0.6) is 0 Å². The molecule has 0 amide bonds. The van der Waals surface area contributed by atoms with E-state index in [1.54, 1.807) is 0 Å². The number of para-hydroxylation sites is 3. The van der Waals surface area contributed by atoms with Crippen LogP contribution in [-0.2, 0) is 0 Å². The number of benzene rings is 11. The van der Waals surface area contributed by atoms with Gasteiger partial charge in [0.1, 0.15) is 0 Å². The third kappa shape index (κ3) is 6.36. The van der Waals surface area contributed by atoms with Crippen molar-refractivity contribution in [2.45, 2.75) is 0 Å². The van der Waals surface area contributed by atoms with E-state index in [1.807, 2.05) is 6.07 Å². The Bertz CT molecular complexity index is 4360. The fourth-order valence-corrected chi connectivity index (χ4v) is 10.8. The molecule has 70 heavy (non-hydrogen) atoms. The van der Waals surface area contributed by atoms with Crippen molar-refractivity contribution in [3.05, 3.63) is 249 Å². The van der Waals surface area contributed by atoms with Crippen LogP contribution in [0.4, 0.5) is 0 Å². The second kappa shape index (κ2) is 16.1. The van der Waals surface area contributed by atoms with Gasteiger partial charge in [-0.05, 0) is 98.4 Å². The van der Waals surface area contributed by atoms with Crippen molar-refractivity contribution in [1.29, 1.82) is 0 Å². The number of aromatic nitrogens is 5. The lowest BCUT2D eigenvalue weighted by atomic mass is 9.96. The van der Waals surface area contributed by atoms with Gasteiger partial charge in [-0.1, -0.05) is 194 Å². The topological polar surface area (TPSA) is 48.5 Å². The van der Waals surface area contributed by atoms with Crippen molar-refractivity contribution >= 4 is 65.2 Å². The van der Waals surface area contributed by atoms with Crippen LogP contribution in [0, 0.1) is 0 Å². The van der Waals surface area contributed by atoms with Crippen molar-refractivity contribution in [2.75, 3.05) is 0 Å². The summed E-state index contributed by atoms with van der Waals surface area (Å²) in [6.07, 6.45) is 0. The van der Waals surface area contributed by atoms with Gasteiger partial charge in [0.05, 0.1) is 27.8 Å². The Hall–Kier alpha value is -9.45. The summed E-state index contributed by atoms with van der Waals surface area (Å²) >= 11 is 0. The first-order chi connectivity index (χ1) is 34.7. The summed E-state index contributed by atoms with van der Waals surface area (Å²) in [5.41, 5.74) is 14.1. The largest absolute Gasteiger partial charge is 0.307 e. The predicted molar refractivity (Wildman–Crippen MR) is 291 cm³/mol. The molecule has 0 atom stereocenters. The third-order valence-corrected chi connectivity index (χ3v) is 14.0. The van der Waals surface area contributed by atoms with Gasteiger partial charge >= 0.3 is 0 Å². The maximum atomic E-state index is 5.42. The zero-order chi connectivity index (χ0) is 46.1. The Morgan fingerprint density at radius 3 is 1.59 bits per heavy atom. The van der Waals surface area contributed by atoms with E-state index in [4.69, 9.17) is 15.0 Å². The van der Waals surface area contributed by atoms with Gasteiger partial charge < -0.3 is 9.13 Å². The van der Waals surface area contributed by atoms with Gasteiger partial charge in [-0.15, -0.1) is 0 Å². The zero-order valence-electron chi connectivity index (χ0n) is 37.9. The number of nitrogens with zero attached hydrogens (tertiary/aromatic N) is 5. The molecule has 5 heteroatoms. The SMILES string of the molecule is c1ccc(-c2cccc(-n3c4ccccc4c4cccc(-n5c6ccccc6c6cc(-c7nc(-c8ccccc8-c8ccccc8)nc(-c8cc9ccccc9c9ccccc89)n7)ccc65)c43)c2)cc1. The number of hydrogen-bond acceptors (Lipinski definition) is 3. The molecule has 5 nitrogen and oxygen atoms in total. The highest BCUT2D eigenvalue weighted by molar-refractivity contribution is 6.16. The lowest BCUT2D eigenvalue weighted by Gasteiger charge is -2.15. The quantitative estimate of drug-likeness (QED) is 0.150. The minimum absolute atomic E-state index is 0.611. The Balaban J connectivity index is 1.01. The first-order valence-corrected chi connectivity index (χ1v) is 23.8. The first-order valence-electron chi connectivity index (χ1n) is 23.8. The van der Waals surface area contributed by atoms with Gasteiger partial charge in [0, 0.05) is 43.9 Å². The maximum Gasteiger partial charge on any atom is 0.164 e. The fourth-order valence-electron chi connectivity index (χ4n) is 10.8. The van der Waals surface area contributed by atoms with E-state index in [0.29, 0.717) is 17.5 Å². The van der Waals surface area contributed by atoms with Crippen LogP contribution < -0.4 is 0 Å². The third-order valence-electron chi connectivity index (χ3n) is 14.0. The molecule has 3 aromatic heterocycles. The summed E-state index contributed by atoms with van der Waals surface area (Å²) in [5, 5.41) is 9.26. The molecule has 326 valence electrons. The van der Waals surface area contributed by atoms with E-state index in [2.05, 4.69) is 252 Å². The molecule has 0 aliphatic heterocycles. The van der Waals surface area contributed by atoms with E-state index < -0.39 is 0 Å². The highest BCUT2D eigenvalue weighted by Crippen LogP contribution is 2.42. The van der Waals surface area contributed by atoms with Crippen LogP contribution in [0.3, 0.4) is 0 Å². The van der Waals surface area contributed by atoms with Gasteiger partial charge in [0.2, 0.25) is 0 Å². The molecule has 0 N–H and O–H groups in total. The molecule has 3 heterocycles. The molecular weight excluding hydrogens is 851 g/mol. The molecule has 11 aromatic carbocycles. The molecular formula is C65H41N5. The van der Waals surface area contributed by atoms with Crippen molar-refractivity contribution in [1.82, 2.24) is 24.1 Å². The summed E-state index contributed by atoms with van der Waals surface area (Å²) in [7, 11) is 0. The highest BCUT2D eigenvalue weighted by atomic mass is 15.1. The minimum Gasteiger partial charge on any atom is -0.307 e. The number of hydrogen-bond donors (Lipinski definition) is 0. The average molecular weight is 892 g/mol. The molecule has 0 unspecified atom stereocenters. The predicted octanol–water partition coefficient (Wildman–Crippen LogP) is 16.7. The molecule has 0 saturated carbocycles. The van der Waals surface area contributed by atoms with Gasteiger partial charge in [-0.3, -0.25) is 0 Å². The Morgan fingerprint density at radius 1 is 0.257 bits per heavy atom. The first kappa shape index (κ1) is 39.7. The molecule has 0 spiro atoms. The van der Waals surface area contributed by atoms with E-state index in [0.717, 1.165) is 88.2 Å². The van der Waals surface area contributed by atoms with Crippen LogP contribution >= 0.6 is 0 Å². The van der Waals surface area contributed by atoms with Gasteiger partial charge in [0.25, 0.3) is 0 Å². The summed E-state index contributed by atoms with van der Waals surface area (Å²) in [4.78, 5) is 16.2. The van der Waals surface area contributed by atoms with Crippen molar-refractivity contribution < 1.29 is 0 Å². The molecule has 0 fully saturated rings. The number of rotatable bonds is 7. The molecule has 14 aromatic rings. The van der Waals surface area contributed by atoms with Gasteiger partial charge in [-0.25, -0.2) is 15.0 Å². The second-order valence-electron chi connectivity index (χ2n) is 17.9.